The molecule has 4 aliphatic carbocycles. The summed E-state index contributed by atoms with van der Waals surface area (Å²) in [5.41, 5.74) is 9.81. The highest BCUT2D eigenvalue weighted by molar-refractivity contribution is 5.31. The van der Waals surface area contributed by atoms with Crippen molar-refractivity contribution in [2.24, 2.45) is 11.8 Å². The molecule has 0 N–H and O–H groups in total. The van der Waals surface area contributed by atoms with Crippen molar-refractivity contribution in [3.05, 3.63) is 94.1 Å². The van der Waals surface area contributed by atoms with E-state index in [-0.39, 0.29) is 0 Å². The van der Waals surface area contributed by atoms with E-state index in [0.29, 0.717) is 0 Å². The zero-order valence-electron chi connectivity index (χ0n) is 35.9. The molecular formula is C54H82O. The highest BCUT2D eigenvalue weighted by Crippen LogP contribution is 2.41. The maximum atomic E-state index is 6.05. The summed E-state index contributed by atoms with van der Waals surface area (Å²) in [4.78, 5) is 0. The van der Waals surface area contributed by atoms with Crippen LogP contribution in [-0.2, 0) is 4.74 Å². The molecule has 0 amide bonds. The fourth-order valence-corrected chi connectivity index (χ4v) is 11.0. The lowest BCUT2D eigenvalue weighted by atomic mass is 9.76. The molecule has 0 heterocycles. The first-order chi connectivity index (χ1) is 27.2. The number of allylic oxidation sites excluding steroid dienone is 4. The van der Waals surface area contributed by atoms with Crippen molar-refractivity contribution in [2.75, 3.05) is 13.2 Å². The largest absolute Gasteiger partial charge is 0.381 e. The molecule has 2 unspecified atom stereocenters. The van der Waals surface area contributed by atoms with Gasteiger partial charge >= 0.3 is 0 Å². The van der Waals surface area contributed by atoms with E-state index in [0.717, 1.165) is 48.7 Å². The van der Waals surface area contributed by atoms with Crippen molar-refractivity contribution in [1.82, 2.24) is 0 Å². The molecule has 4 aliphatic rings. The van der Waals surface area contributed by atoms with E-state index < -0.39 is 0 Å². The lowest BCUT2D eigenvalue weighted by molar-refractivity contribution is 0.126. The first-order valence-corrected chi connectivity index (χ1v) is 24.3. The van der Waals surface area contributed by atoms with Crippen LogP contribution in [0.1, 0.15) is 240 Å². The van der Waals surface area contributed by atoms with Crippen molar-refractivity contribution >= 4 is 0 Å². The van der Waals surface area contributed by atoms with Crippen molar-refractivity contribution in [2.45, 2.75) is 217 Å². The smallest absolute Gasteiger partial charge is 0.0466 e. The van der Waals surface area contributed by atoms with E-state index in [2.05, 4.69) is 74.5 Å². The summed E-state index contributed by atoms with van der Waals surface area (Å²) >= 11 is 0. The second kappa shape index (κ2) is 24.0. The molecule has 304 valence electrons. The van der Waals surface area contributed by atoms with E-state index in [1.807, 2.05) is 0 Å². The number of benzene rings is 2. The second-order valence-corrected chi connectivity index (χ2v) is 19.0. The van der Waals surface area contributed by atoms with E-state index >= 15 is 0 Å². The molecule has 1 heteroatoms. The Morgan fingerprint density at radius 3 is 1.15 bits per heavy atom. The summed E-state index contributed by atoms with van der Waals surface area (Å²) in [7, 11) is 0. The van der Waals surface area contributed by atoms with Crippen LogP contribution in [0.5, 0.6) is 0 Å². The van der Waals surface area contributed by atoms with Gasteiger partial charge in [0, 0.05) is 13.2 Å². The summed E-state index contributed by atoms with van der Waals surface area (Å²) in [5.74, 6) is 5.07. The Hall–Kier alpha value is -2.12. The molecule has 2 fully saturated rings. The summed E-state index contributed by atoms with van der Waals surface area (Å²) in [6, 6.07) is 19.8. The number of ether oxygens (including phenoxy) is 1. The molecule has 0 saturated heterocycles. The molecular weight excluding hydrogens is 665 g/mol. The first-order valence-electron chi connectivity index (χ1n) is 24.3. The minimum absolute atomic E-state index is 0.727. The standard InChI is InChI=1S/C54H82O/c1-3-5-13-43-17-25-47(26-18-43)51-33-37-53(38-34-51)49-29-21-45(22-30-49)15-9-7-11-41-55-42-12-8-10-16-46-23-31-50(32-24-46)54-39-35-52(36-40-54)48-27-19-44(20-28-48)14-6-4-2/h21,23,33-40,43-44,47-50H,3-20,22,24-32,41-42H2,1-2H3. The van der Waals surface area contributed by atoms with Crippen molar-refractivity contribution in [1.29, 1.82) is 0 Å². The van der Waals surface area contributed by atoms with E-state index in [4.69, 9.17) is 4.74 Å². The third-order valence-corrected chi connectivity index (χ3v) is 15.0. The van der Waals surface area contributed by atoms with Crippen LogP contribution in [0.2, 0.25) is 0 Å². The summed E-state index contributed by atoms with van der Waals surface area (Å²) in [5, 5.41) is 0. The molecule has 55 heavy (non-hydrogen) atoms. The Labute approximate surface area is 340 Å². The zero-order chi connectivity index (χ0) is 37.9. The Morgan fingerprint density at radius 2 is 0.800 bits per heavy atom. The van der Waals surface area contributed by atoms with Gasteiger partial charge in [0.05, 0.1) is 0 Å². The normalized spacial score (nSPS) is 26.1. The van der Waals surface area contributed by atoms with Gasteiger partial charge in [-0.3, -0.25) is 0 Å². The van der Waals surface area contributed by atoms with E-state index in [9.17, 15) is 0 Å². The second-order valence-electron chi connectivity index (χ2n) is 19.0. The van der Waals surface area contributed by atoms with Crippen LogP contribution in [0.4, 0.5) is 0 Å². The van der Waals surface area contributed by atoms with Gasteiger partial charge in [0.2, 0.25) is 0 Å². The summed E-state index contributed by atoms with van der Waals surface area (Å²) < 4.78 is 6.05. The molecule has 2 aromatic rings. The van der Waals surface area contributed by atoms with Crippen LogP contribution in [0.25, 0.3) is 0 Å². The zero-order valence-corrected chi connectivity index (χ0v) is 35.9. The predicted molar refractivity (Wildman–Crippen MR) is 238 cm³/mol. The topological polar surface area (TPSA) is 9.23 Å². The van der Waals surface area contributed by atoms with Gasteiger partial charge in [-0.2, -0.15) is 0 Å². The molecule has 1 nitrogen and oxygen atoms in total. The summed E-state index contributed by atoms with van der Waals surface area (Å²) in [6.45, 7) is 6.56. The highest BCUT2D eigenvalue weighted by Gasteiger charge is 2.24. The Kier molecular flexibility index (Phi) is 18.5. The van der Waals surface area contributed by atoms with Gasteiger partial charge in [-0.05, 0) is 186 Å². The molecule has 0 bridgehead atoms. The molecule has 0 radical (unpaired) electrons. The predicted octanol–water partition coefficient (Wildman–Crippen LogP) is 16.8. The van der Waals surface area contributed by atoms with Crippen molar-refractivity contribution in [3.8, 4) is 0 Å². The van der Waals surface area contributed by atoms with Gasteiger partial charge in [-0.1, -0.05) is 137 Å². The van der Waals surface area contributed by atoms with Gasteiger partial charge in [0.25, 0.3) is 0 Å². The van der Waals surface area contributed by atoms with Crippen LogP contribution in [0, 0.1) is 11.8 Å². The van der Waals surface area contributed by atoms with Crippen LogP contribution in [-0.4, -0.2) is 13.2 Å². The van der Waals surface area contributed by atoms with E-state index in [1.165, 1.54) is 180 Å². The molecule has 6 rings (SSSR count). The fourth-order valence-electron chi connectivity index (χ4n) is 11.0. The van der Waals surface area contributed by atoms with Gasteiger partial charge < -0.3 is 4.74 Å². The van der Waals surface area contributed by atoms with Crippen LogP contribution in [0.3, 0.4) is 0 Å². The van der Waals surface area contributed by atoms with Crippen LogP contribution >= 0.6 is 0 Å². The van der Waals surface area contributed by atoms with Gasteiger partial charge in [0.1, 0.15) is 0 Å². The number of rotatable bonds is 22. The number of hydrogen-bond donors (Lipinski definition) is 0. The average Bonchev–Trinajstić information content (AvgIpc) is 3.25. The summed E-state index contributed by atoms with van der Waals surface area (Å²) in [6.07, 6.45) is 43.2. The van der Waals surface area contributed by atoms with Crippen LogP contribution in [0.15, 0.2) is 71.8 Å². The maximum absolute atomic E-state index is 6.05. The fraction of sp³-hybridized carbons (Fsp3) is 0.704. The van der Waals surface area contributed by atoms with Crippen molar-refractivity contribution in [3.63, 3.8) is 0 Å². The minimum Gasteiger partial charge on any atom is -0.381 e. The van der Waals surface area contributed by atoms with Gasteiger partial charge in [-0.25, -0.2) is 0 Å². The monoisotopic (exact) mass is 747 g/mol. The molecule has 2 saturated carbocycles. The minimum atomic E-state index is 0.727. The maximum Gasteiger partial charge on any atom is 0.0466 e. The van der Waals surface area contributed by atoms with Crippen LogP contribution < -0.4 is 0 Å². The lowest BCUT2D eigenvalue weighted by Gasteiger charge is -2.29. The van der Waals surface area contributed by atoms with Gasteiger partial charge in [0.15, 0.2) is 0 Å². The average molecular weight is 747 g/mol. The molecule has 0 spiro atoms. The van der Waals surface area contributed by atoms with E-state index in [1.54, 1.807) is 33.4 Å². The number of hydrogen-bond acceptors (Lipinski definition) is 1. The third kappa shape index (κ3) is 14.0. The number of unbranched alkanes of at least 4 members (excludes halogenated alkanes) is 6. The quantitative estimate of drug-likeness (QED) is 0.0861. The first kappa shape index (κ1) is 42.5. The molecule has 0 aromatic heterocycles. The highest BCUT2D eigenvalue weighted by atomic mass is 16.5. The Bertz CT molecular complexity index is 1270. The third-order valence-electron chi connectivity index (χ3n) is 15.0. The lowest BCUT2D eigenvalue weighted by Crippen LogP contribution is -2.13. The SMILES string of the molecule is CCCCC1CCC(c2ccc(C3CC=C(CCCCCOCCCCCC4=CCC(c5ccc(C6CCC(CCCC)CC6)cc5)CC4)CC3)cc2)CC1. The Balaban J connectivity index is 0.746. The van der Waals surface area contributed by atoms with Crippen molar-refractivity contribution < 1.29 is 4.74 Å². The molecule has 2 atom stereocenters. The molecule has 0 aliphatic heterocycles. The van der Waals surface area contributed by atoms with Gasteiger partial charge in [-0.15, -0.1) is 0 Å². The molecule has 2 aromatic carbocycles. The Morgan fingerprint density at radius 1 is 0.418 bits per heavy atom.